The third kappa shape index (κ3) is 3.44. The molecule has 1 aromatic carbocycles. The summed E-state index contributed by atoms with van der Waals surface area (Å²) in [5, 5.41) is 3.03. The van der Waals surface area contributed by atoms with Crippen LogP contribution in [-0.4, -0.2) is 31.1 Å². The predicted octanol–water partition coefficient (Wildman–Crippen LogP) is 3.59. The van der Waals surface area contributed by atoms with Crippen molar-refractivity contribution in [2.24, 2.45) is 0 Å². The van der Waals surface area contributed by atoms with Crippen LogP contribution in [0.1, 0.15) is 38.2 Å². The van der Waals surface area contributed by atoms with Crippen molar-refractivity contribution in [1.82, 2.24) is 4.90 Å². The summed E-state index contributed by atoms with van der Waals surface area (Å²) in [7, 11) is 2.06. The summed E-state index contributed by atoms with van der Waals surface area (Å²) < 4.78 is 28.0. The first-order chi connectivity index (χ1) is 8.97. The van der Waals surface area contributed by atoms with Gasteiger partial charge in [-0.05, 0) is 56.6 Å². The number of piperidine rings is 1. The van der Waals surface area contributed by atoms with Gasteiger partial charge in [0.25, 0.3) is 0 Å². The summed E-state index contributed by atoms with van der Waals surface area (Å²) in [6.45, 7) is 5.78. The normalized spacial score (nSPS) is 18.0. The molecular weight excluding hydrogens is 246 g/mol. The Morgan fingerprint density at radius 2 is 1.68 bits per heavy atom. The fourth-order valence-corrected chi connectivity index (χ4v) is 2.42. The molecule has 2 nitrogen and oxygen atoms in total. The Kier molecular flexibility index (Phi) is 4.40. The highest BCUT2D eigenvalue weighted by molar-refractivity contribution is 5.49. The van der Waals surface area contributed by atoms with E-state index >= 15 is 0 Å². The molecule has 1 heterocycles. The van der Waals surface area contributed by atoms with Crippen LogP contribution in [0.15, 0.2) is 12.1 Å². The van der Waals surface area contributed by atoms with Gasteiger partial charge in [0.2, 0.25) is 0 Å². The summed E-state index contributed by atoms with van der Waals surface area (Å²) in [5.74, 6) is -0.841. The van der Waals surface area contributed by atoms with Crippen molar-refractivity contribution in [1.29, 1.82) is 0 Å². The van der Waals surface area contributed by atoms with Crippen molar-refractivity contribution in [2.45, 2.75) is 38.6 Å². The van der Waals surface area contributed by atoms with Crippen LogP contribution in [0.25, 0.3) is 0 Å². The second kappa shape index (κ2) is 5.87. The number of halogens is 2. The van der Waals surface area contributed by atoms with Crippen molar-refractivity contribution in [3.8, 4) is 0 Å². The lowest BCUT2D eigenvalue weighted by atomic mass is 10.0. The van der Waals surface area contributed by atoms with E-state index in [1.54, 1.807) is 0 Å². The molecule has 1 aliphatic heterocycles. The number of hydrogen-bond donors (Lipinski definition) is 1. The molecule has 1 aromatic rings. The largest absolute Gasteiger partial charge is 0.377 e. The summed E-state index contributed by atoms with van der Waals surface area (Å²) in [6, 6.07) is 3.03. The Labute approximate surface area is 113 Å². The van der Waals surface area contributed by atoms with Crippen molar-refractivity contribution in [3.05, 3.63) is 29.3 Å². The lowest BCUT2D eigenvalue weighted by Crippen LogP contribution is -2.37. The minimum absolute atomic E-state index is 0.0268. The number of nitrogens with zero attached hydrogens (tertiary/aromatic N) is 1. The number of benzene rings is 1. The van der Waals surface area contributed by atoms with Crippen LogP contribution >= 0.6 is 0 Å². The fourth-order valence-electron chi connectivity index (χ4n) is 2.42. The van der Waals surface area contributed by atoms with E-state index in [0.29, 0.717) is 5.56 Å². The molecule has 0 unspecified atom stereocenters. The third-order valence-corrected chi connectivity index (χ3v) is 3.80. The van der Waals surface area contributed by atoms with Crippen molar-refractivity contribution >= 4 is 5.69 Å². The minimum Gasteiger partial charge on any atom is -0.377 e. The molecule has 0 amide bonds. The predicted molar refractivity (Wildman–Crippen MR) is 74.6 cm³/mol. The first kappa shape index (κ1) is 14.3. The Balaban J connectivity index is 2.12. The van der Waals surface area contributed by atoms with Gasteiger partial charge < -0.3 is 10.2 Å². The summed E-state index contributed by atoms with van der Waals surface area (Å²) in [4.78, 5) is 2.23. The molecule has 4 heteroatoms. The molecular formula is C15H22F2N2. The lowest BCUT2D eigenvalue weighted by molar-refractivity contribution is 0.263. The average Bonchev–Trinajstić information content (AvgIpc) is 2.35. The SMILES string of the molecule is CC(C)c1cc(F)c(NC2CCN(C)CC2)c(F)c1. The average molecular weight is 268 g/mol. The molecule has 0 spiro atoms. The Bertz CT molecular complexity index is 415. The van der Waals surface area contributed by atoms with Gasteiger partial charge in [0.1, 0.15) is 17.3 Å². The topological polar surface area (TPSA) is 15.3 Å². The maximum atomic E-state index is 14.0. The molecule has 0 bridgehead atoms. The molecule has 1 N–H and O–H groups in total. The second-order valence-electron chi connectivity index (χ2n) is 5.74. The van der Waals surface area contributed by atoms with Gasteiger partial charge >= 0.3 is 0 Å². The lowest BCUT2D eigenvalue weighted by Gasteiger charge is -2.30. The van der Waals surface area contributed by atoms with E-state index in [9.17, 15) is 8.78 Å². The molecule has 1 aliphatic rings. The number of rotatable bonds is 3. The van der Waals surface area contributed by atoms with Crippen LogP contribution in [0.5, 0.6) is 0 Å². The van der Waals surface area contributed by atoms with Crippen molar-refractivity contribution in [3.63, 3.8) is 0 Å². The summed E-state index contributed by atoms with van der Waals surface area (Å²) in [5.41, 5.74) is 0.725. The highest BCUT2D eigenvalue weighted by Gasteiger charge is 2.20. The van der Waals surface area contributed by atoms with E-state index < -0.39 is 11.6 Å². The molecule has 2 rings (SSSR count). The van der Waals surface area contributed by atoms with E-state index in [1.807, 2.05) is 13.8 Å². The van der Waals surface area contributed by atoms with Gasteiger partial charge in [0.15, 0.2) is 0 Å². The monoisotopic (exact) mass is 268 g/mol. The van der Waals surface area contributed by atoms with Gasteiger partial charge in [0.05, 0.1) is 0 Å². The Morgan fingerprint density at radius 3 is 2.16 bits per heavy atom. The van der Waals surface area contributed by atoms with Crippen LogP contribution in [0.4, 0.5) is 14.5 Å². The van der Waals surface area contributed by atoms with E-state index in [-0.39, 0.29) is 17.6 Å². The highest BCUT2D eigenvalue weighted by atomic mass is 19.1. The standard InChI is InChI=1S/C15H22F2N2/c1-10(2)11-8-13(16)15(14(17)9-11)18-12-4-6-19(3)7-5-12/h8-10,12,18H,4-7H2,1-3H3. The molecule has 19 heavy (non-hydrogen) atoms. The molecule has 0 aliphatic carbocycles. The van der Waals surface area contributed by atoms with Gasteiger partial charge in [-0.25, -0.2) is 8.78 Å². The molecule has 0 atom stereocenters. The third-order valence-electron chi connectivity index (χ3n) is 3.80. The van der Waals surface area contributed by atoms with Crippen LogP contribution in [0.2, 0.25) is 0 Å². The number of anilines is 1. The quantitative estimate of drug-likeness (QED) is 0.901. The van der Waals surface area contributed by atoms with Gasteiger partial charge in [0, 0.05) is 6.04 Å². The van der Waals surface area contributed by atoms with Gasteiger partial charge in [-0.1, -0.05) is 13.8 Å². The van der Waals surface area contributed by atoms with Crippen molar-refractivity contribution < 1.29 is 8.78 Å². The van der Waals surface area contributed by atoms with Gasteiger partial charge in [-0.2, -0.15) is 0 Å². The van der Waals surface area contributed by atoms with Crippen LogP contribution < -0.4 is 5.32 Å². The number of nitrogens with one attached hydrogen (secondary N) is 1. The molecule has 1 saturated heterocycles. The molecule has 0 radical (unpaired) electrons. The Morgan fingerprint density at radius 1 is 1.16 bits per heavy atom. The zero-order valence-corrected chi connectivity index (χ0v) is 11.8. The van der Waals surface area contributed by atoms with E-state index in [1.165, 1.54) is 12.1 Å². The second-order valence-corrected chi connectivity index (χ2v) is 5.74. The van der Waals surface area contributed by atoms with Gasteiger partial charge in [-0.3, -0.25) is 0 Å². The first-order valence-corrected chi connectivity index (χ1v) is 6.91. The number of likely N-dealkylation sites (tertiary alicyclic amines) is 1. The zero-order valence-electron chi connectivity index (χ0n) is 11.8. The molecule has 0 saturated carbocycles. The van der Waals surface area contributed by atoms with Crippen molar-refractivity contribution in [2.75, 3.05) is 25.5 Å². The maximum Gasteiger partial charge on any atom is 0.149 e. The van der Waals surface area contributed by atoms with E-state index in [0.717, 1.165) is 25.9 Å². The summed E-state index contributed by atoms with van der Waals surface area (Å²) in [6.07, 6.45) is 1.84. The molecule has 106 valence electrons. The number of hydrogen-bond acceptors (Lipinski definition) is 2. The van der Waals surface area contributed by atoms with Crippen LogP contribution in [0, 0.1) is 11.6 Å². The molecule has 1 fully saturated rings. The molecule has 0 aromatic heterocycles. The minimum atomic E-state index is -0.484. The van der Waals surface area contributed by atoms with Crippen LogP contribution in [0.3, 0.4) is 0 Å². The van der Waals surface area contributed by atoms with Crippen LogP contribution in [-0.2, 0) is 0 Å². The van der Waals surface area contributed by atoms with Gasteiger partial charge in [-0.15, -0.1) is 0 Å². The summed E-state index contributed by atoms with van der Waals surface area (Å²) >= 11 is 0. The highest BCUT2D eigenvalue weighted by Crippen LogP contribution is 2.26. The van der Waals surface area contributed by atoms with E-state index in [2.05, 4.69) is 17.3 Å². The fraction of sp³-hybridized carbons (Fsp3) is 0.600. The van der Waals surface area contributed by atoms with E-state index in [4.69, 9.17) is 0 Å². The first-order valence-electron chi connectivity index (χ1n) is 6.91. The zero-order chi connectivity index (χ0) is 14.0. The smallest absolute Gasteiger partial charge is 0.149 e. The Hall–Kier alpha value is -1.16. The maximum absolute atomic E-state index is 14.0.